The Morgan fingerprint density at radius 1 is 1.41 bits per heavy atom. The molecule has 0 aliphatic heterocycles. The number of nitrogens with zero attached hydrogens (tertiary/aromatic N) is 2. The number of hydrogen-bond donors (Lipinski definition) is 2. The zero-order valence-electron chi connectivity index (χ0n) is 10.8. The maximum Gasteiger partial charge on any atom is 0.0535 e. The Morgan fingerprint density at radius 2 is 2.18 bits per heavy atom. The van der Waals surface area contributed by atoms with Crippen LogP contribution in [-0.2, 0) is 6.54 Å². The van der Waals surface area contributed by atoms with Crippen LogP contribution in [0.3, 0.4) is 0 Å². The van der Waals surface area contributed by atoms with Crippen molar-refractivity contribution in [3.63, 3.8) is 0 Å². The van der Waals surface area contributed by atoms with Crippen LogP contribution in [0.15, 0.2) is 6.20 Å². The normalized spacial score (nSPS) is 17.8. The van der Waals surface area contributed by atoms with E-state index in [9.17, 15) is 0 Å². The van der Waals surface area contributed by atoms with Gasteiger partial charge in [0.2, 0.25) is 0 Å². The van der Waals surface area contributed by atoms with Crippen LogP contribution in [0.1, 0.15) is 49.3 Å². The number of aromatic nitrogens is 2. The van der Waals surface area contributed by atoms with Gasteiger partial charge in [-0.05, 0) is 19.9 Å². The predicted molar refractivity (Wildman–Crippen MR) is 69.8 cm³/mol. The molecule has 1 heterocycles. The molecule has 0 amide bonds. The van der Waals surface area contributed by atoms with Gasteiger partial charge in [-0.3, -0.25) is 5.10 Å². The Kier molecular flexibility index (Phi) is 4.57. The van der Waals surface area contributed by atoms with E-state index < -0.39 is 0 Å². The molecule has 3 N–H and O–H groups in total. The second-order valence-corrected chi connectivity index (χ2v) is 5.17. The second kappa shape index (κ2) is 6.17. The lowest BCUT2D eigenvalue weighted by Gasteiger charge is -2.23. The monoisotopic (exact) mass is 236 g/mol. The molecule has 17 heavy (non-hydrogen) atoms. The molecule has 96 valence electrons. The van der Waals surface area contributed by atoms with Gasteiger partial charge in [-0.2, -0.15) is 5.10 Å². The van der Waals surface area contributed by atoms with Crippen molar-refractivity contribution >= 4 is 0 Å². The van der Waals surface area contributed by atoms with E-state index in [4.69, 9.17) is 5.73 Å². The van der Waals surface area contributed by atoms with Crippen LogP contribution >= 0.6 is 0 Å². The first-order valence-corrected chi connectivity index (χ1v) is 6.72. The van der Waals surface area contributed by atoms with Crippen molar-refractivity contribution in [2.24, 2.45) is 5.73 Å². The van der Waals surface area contributed by atoms with E-state index in [1.165, 1.54) is 43.4 Å². The molecule has 0 spiro atoms. The Morgan fingerprint density at radius 3 is 2.88 bits per heavy atom. The summed E-state index contributed by atoms with van der Waals surface area (Å²) in [5, 5.41) is 7.44. The highest BCUT2D eigenvalue weighted by atomic mass is 15.1. The highest BCUT2D eigenvalue weighted by molar-refractivity contribution is 5.20. The van der Waals surface area contributed by atoms with Crippen molar-refractivity contribution in [1.82, 2.24) is 15.1 Å². The van der Waals surface area contributed by atoms with Gasteiger partial charge in [-0.1, -0.05) is 19.3 Å². The smallest absolute Gasteiger partial charge is 0.0535 e. The summed E-state index contributed by atoms with van der Waals surface area (Å²) in [7, 11) is 2.12. The first kappa shape index (κ1) is 12.6. The van der Waals surface area contributed by atoms with Crippen molar-refractivity contribution in [3.8, 4) is 0 Å². The van der Waals surface area contributed by atoms with Crippen LogP contribution in [-0.4, -0.2) is 35.2 Å². The van der Waals surface area contributed by atoms with Gasteiger partial charge >= 0.3 is 0 Å². The lowest BCUT2D eigenvalue weighted by Crippen LogP contribution is -2.25. The molecule has 0 radical (unpaired) electrons. The molecule has 0 bridgehead atoms. The molecule has 4 nitrogen and oxygen atoms in total. The van der Waals surface area contributed by atoms with Gasteiger partial charge < -0.3 is 10.6 Å². The van der Waals surface area contributed by atoms with Crippen LogP contribution < -0.4 is 5.73 Å². The van der Waals surface area contributed by atoms with E-state index in [1.807, 2.05) is 6.20 Å². The number of likely N-dealkylation sites (N-methyl/N-ethyl adjacent to an activating group) is 1. The number of nitrogens with one attached hydrogen (secondary N) is 1. The summed E-state index contributed by atoms with van der Waals surface area (Å²) in [4.78, 5) is 2.26. The van der Waals surface area contributed by atoms with E-state index in [0.29, 0.717) is 12.5 Å². The molecule has 0 saturated heterocycles. The third-order valence-corrected chi connectivity index (χ3v) is 3.72. The first-order chi connectivity index (χ1) is 8.31. The zero-order chi connectivity index (χ0) is 12.1. The Hall–Kier alpha value is -0.870. The largest absolute Gasteiger partial charge is 0.329 e. The number of nitrogens with two attached hydrogens (primary N) is 1. The number of hydrogen-bond acceptors (Lipinski definition) is 3. The van der Waals surface area contributed by atoms with Crippen molar-refractivity contribution in [3.05, 3.63) is 17.5 Å². The van der Waals surface area contributed by atoms with Crippen LogP contribution in [0.2, 0.25) is 0 Å². The average Bonchev–Trinajstić information content (AvgIpc) is 2.78. The van der Waals surface area contributed by atoms with Crippen molar-refractivity contribution < 1.29 is 0 Å². The molecule has 0 atom stereocenters. The van der Waals surface area contributed by atoms with Crippen molar-refractivity contribution in [2.45, 2.75) is 44.6 Å². The Balaban J connectivity index is 2.00. The number of aromatic amines is 1. The van der Waals surface area contributed by atoms with Gasteiger partial charge in [0.05, 0.1) is 6.20 Å². The molecule has 0 unspecified atom stereocenters. The lowest BCUT2D eigenvalue weighted by atomic mass is 9.85. The van der Waals surface area contributed by atoms with Crippen LogP contribution in [0.4, 0.5) is 0 Å². The fraction of sp³-hybridized carbons (Fsp3) is 0.769. The standard InChI is InChI=1S/C13H24N4/c1-17(8-7-14)10-12-9-15-16-13(12)11-5-3-2-4-6-11/h9,11H,2-8,10,14H2,1H3,(H,15,16). The number of rotatable bonds is 5. The maximum absolute atomic E-state index is 5.57. The zero-order valence-corrected chi connectivity index (χ0v) is 10.8. The lowest BCUT2D eigenvalue weighted by molar-refractivity contribution is 0.332. The average molecular weight is 236 g/mol. The van der Waals surface area contributed by atoms with Gasteiger partial charge in [-0.25, -0.2) is 0 Å². The molecule has 1 aliphatic rings. The summed E-state index contributed by atoms with van der Waals surface area (Å²) in [6, 6.07) is 0. The minimum Gasteiger partial charge on any atom is -0.329 e. The quantitative estimate of drug-likeness (QED) is 0.820. The van der Waals surface area contributed by atoms with Gasteiger partial charge in [0.1, 0.15) is 0 Å². The van der Waals surface area contributed by atoms with Gasteiger partial charge in [0.25, 0.3) is 0 Å². The second-order valence-electron chi connectivity index (χ2n) is 5.17. The third-order valence-electron chi connectivity index (χ3n) is 3.72. The fourth-order valence-corrected chi connectivity index (χ4v) is 2.78. The summed E-state index contributed by atoms with van der Waals surface area (Å²) in [5.41, 5.74) is 8.30. The van der Waals surface area contributed by atoms with E-state index >= 15 is 0 Å². The molecule has 1 fully saturated rings. The summed E-state index contributed by atoms with van der Waals surface area (Å²) in [6.07, 6.45) is 8.74. The van der Waals surface area contributed by atoms with Gasteiger partial charge in [-0.15, -0.1) is 0 Å². The van der Waals surface area contributed by atoms with E-state index in [0.717, 1.165) is 13.1 Å². The molecule has 1 saturated carbocycles. The molecule has 4 heteroatoms. The minimum absolute atomic E-state index is 0.701. The molecular formula is C13H24N4. The molecule has 1 aromatic heterocycles. The van der Waals surface area contributed by atoms with Crippen LogP contribution in [0.5, 0.6) is 0 Å². The molecule has 1 aliphatic carbocycles. The Labute approximate surface area is 104 Å². The van der Waals surface area contributed by atoms with Gasteiger partial charge in [0.15, 0.2) is 0 Å². The van der Waals surface area contributed by atoms with E-state index in [1.54, 1.807) is 0 Å². The third kappa shape index (κ3) is 3.30. The topological polar surface area (TPSA) is 57.9 Å². The minimum atomic E-state index is 0.701. The fourth-order valence-electron chi connectivity index (χ4n) is 2.78. The summed E-state index contributed by atoms with van der Waals surface area (Å²) in [5.74, 6) is 0.701. The highest BCUT2D eigenvalue weighted by Gasteiger charge is 2.20. The Bertz CT molecular complexity index is 328. The summed E-state index contributed by atoms with van der Waals surface area (Å²) < 4.78 is 0. The predicted octanol–water partition coefficient (Wildman–Crippen LogP) is 1.85. The summed E-state index contributed by atoms with van der Waals surface area (Å²) in [6.45, 7) is 2.61. The maximum atomic E-state index is 5.57. The molecule has 2 rings (SSSR count). The SMILES string of the molecule is CN(CCN)Cc1cn[nH]c1C1CCCCC1. The first-order valence-electron chi connectivity index (χ1n) is 6.72. The van der Waals surface area contributed by atoms with Crippen LogP contribution in [0, 0.1) is 0 Å². The van der Waals surface area contributed by atoms with Crippen molar-refractivity contribution in [2.75, 3.05) is 20.1 Å². The van der Waals surface area contributed by atoms with Crippen molar-refractivity contribution in [1.29, 1.82) is 0 Å². The highest BCUT2D eigenvalue weighted by Crippen LogP contribution is 2.33. The molecule has 0 aromatic carbocycles. The summed E-state index contributed by atoms with van der Waals surface area (Å²) >= 11 is 0. The van der Waals surface area contributed by atoms with E-state index in [-0.39, 0.29) is 0 Å². The van der Waals surface area contributed by atoms with Gasteiger partial charge in [0, 0.05) is 36.8 Å². The molecular weight excluding hydrogens is 212 g/mol. The number of H-pyrrole nitrogens is 1. The van der Waals surface area contributed by atoms with E-state index in [2.05, 4.69) is 22.1 Å². The molecule has 1 aromatic rings. The van der Waals surface area contributed by atoms with Crippen LogP contribution in [0.25, 0.3) is 0 Å².